The molecule has 0 aliphatic carbocycles. The molecular weight excluding hydrogens is 334 g/mol. The quantitative estimate of drug-likeness (QED) is 0.825. The maximum Gasteiger partial charge on any atom is 0.293 e. The van der Waals surface area contributed by atoms with Gasteiger partial charge in [0.05, 0.1) is 5.69 Å². The Bertz CT molecular complexity index is 759. The molecule has 1 fully saturated rings. The fourth-order valence-electron chi connectivity index (χ4n) is 2.79. The van der Waals surface area contributed by atoms with Crippen LogP contribution in [0.2, 0.25) is 0 Å². The predicted molar refractivity (Wildman–Crippen MR) is 94.4 cm³/mol. The van der Waals surface area contributed by atoms with Crippen LogP contribution in [0.15, 0.2) is 35.1 Å². The van der Waals surface area contributed by atoms with Crippen molar-refractivity contribution in [3.8, 4) is 0 Å². The zero-order chi connectivity index (χ0) is 18.5. The molecule has 1 saturated heterocycles. The van der Waals surface area contributed by atoms with Crippen molar-refractivity contribution in [2.45, 2.75) is 32.4 Å². The summed E-state index contributed by atoms with van der Waals surface area (Å²) in [4.78, 5) is 30.9. The zero-order valence-electron chi connectivity index (χ0n) is 14.9. The molecule has 0 saturated carbocycles. The lowest BCUT2D eigenvalue weighted by Gasteiger charge is -2.34. The van der Waals surface area contributed by atoms with E-state index in [1.54, 1.807) is 23.4 Å². The second kappa shape index (κ2) is 8.09. The van der Waals surface area contributed by atoms with Crippen molar-refractivity contribution >= 4 is 11.8 Å². The molecule has 0 radical (unpaired) electrons. The number of carbonyl (C=O) groups is 2. The van der Waals surface area contributed by atoms with Crippen molar-refractivity contribution in [1.29, 1.82) is 0 Å². The maximum absolute atomic E-state index is 12.8. The number of carbonyl (C=O) groups excluding carboxylic acids is 2. The van der Waals surface area contributed by atoms with Crippen LogP contribution < -0.4 is 10.6 Å². The molecule has 2 aromatic rings. The van der Waals surface area contributed by atoms with Crippen LogP contribution in [-0.4, -0.2) is 52.5 Å². The van der Waals surface area contributed by atoms with Gasteiger partial charge < -0.3 is 20.1 Å². The molecule has 0 unspecified atom stereocenters. The lowest BCUT2D eigenvalue weighted by molar-refractivity contribution is -0.126. The molecule has 2 aromatic heterocycles. The van der Waals surface area contributed by atoms with Crippen LogP contribution in [0.1, 0.15) is 41.6 Å². The number of nitrogens with zero attached hydrogens (tertiary/aromatic N) is 3. The van der Waals surface area contributed by atoms with Gasteiger partial charge in [-0.05, 0) is 23.6 Å². The van der Waals surface area contributed by atoms with Crippen molar-refractivity contribution < 1.29 is 14.1 Å². The van der Waals surface area contributed by atoms with E-state index >= 15 is 0 Å². The largest absolute Gasteiger partial charge is 0.351 e. The molecule has 138 valence electrons. The average molecular weight is 357 g/mol. The summed E-state index contributed by atoms with van der Waals surface area (Å²) in [5.41, 5.74) is 1.67. The second-order valence-corrected chi connectivity index (χ2v) is 6.56. The Balaban J connectivity index is 1.68. The van der Waals surface area contributed by atoms with Crippen LogP contribution in [0.4, 0.5) is 0 Å². The summed E-state index contributed by atoms with van der Waals surface area (Å²) in [6.45, 7) is 5.81. The highest BCUT2D eigenvalue weighted by atomic mass is 16.5. The van der Waals surface area contributed by atoms with Gasteiger partial charge in [-0.2, -0.15) is 0 Å². The number of aromatic nitrogens is 2. The highest BCUT2D eigenvalue weighted by Crippen LogP contribution is 2.17. The third-order valence-electron chi connectivity index (χ3n) is 4.35. The monoisotopic (exact) mass is 357 g/mol. The smallest absolute Gasteiger partial charge is 0.293 e. The van der Waals surface area contributed by atoms with E-state index in [-0.39, 0.29) is 23.5 Å². The third kappa shape index (κ3) is 4.08. The number of pyridine rings is 1. The van der Waals surface area contributed by atoms with E-state index in [9.17, 15) is 9.59 Å². The summed E-state index contributed by atoms with van der Waals surface area (Å²) in [7, 11) is 0. The molecule has 3 rings (SSSR count). The average Bonchev–Trinajstić information content (AvgIpc) is 3.17. The molecule has 8 heteroatoms. The fraction of sp³-hybridized carbons (Fsp3) is 0.444. The first-order valence-corrected chi connectivity index (χ1v) is 8.71. The number of rotatable bonds is 5. The van der Waals surface area contributed by atoms with Crippen molar-refractivity contribution in [3.63, 3.8) is 0 Å². The predicted octanol–water partition coefficient (Wildman–Crippen LogP) is 0.923. The van der Waals surface area contributed by atoms with Crippen molar-refractivity contribution in [3.05, 3.63) is 47.6 Å². The molecule has 1 aliphatic heterocycles. The second-order valence-electron chi connectivity index (χ2n) is 6.56. The van der Waals surface area contributed by atoms with Gasteiger partial charge in [0.1, 0.15) is 6.04 Å². The van der Waals surface area contributed by atoms with E-state index in [2.05, 4.69) is 20.8 Å². The normalized spacial score (nSPS) is 17.3. The number of nitrogens with one attached hydrogen (secondary N) is 2. The minimum Gasteiger partial charge on any atom is -0.351 e. The van der Waals surface area contributed by atoms with E-state index in [0.717, 1.165) is 11.3 Å². The number of amides is 2. The Morgan fingerprint density at radius 2 is 2.15 bits per heavy atom. The van der Waals surface area contributed by atoms with E-state index in [1.807, 2.05) is 26.0 Å². The Kier molecular flexibility index (Phi) is 5.62. The molecule has 0 bridgehead atoms. The van der Waals surface area contributed by atoms with E-state index in [0.29, 0.717) is 26.2 Å². The molecule has 2 N–H and O–H groups in total. The van der Waals surface area contributed by atoms with Crippen LogP contribution in [0.25, 0.3) is 0 Å². The molecular formula is C18H23N5O3. The lowest BCUT2D eigenvalue weighted by atomic mass is 10.1. The van der Waals surface area contributed by atoms with Crippen LogP contribution in [0.5, 0.6) is 0 Å². The van der Waals surface area contributed by atoms with E-state index in [1.165, 1.54) is 0 Å². The van der Waals surface area contributed by atoms with Crippen molar-refractivity contribution in [2.24, 2.45) is 0 Å². The number of piperazine rings is 1. The highest BCUT2D eigenvalue weighted by Gasteiger charge is 2.34. The van der Waals surface area contributed by atoms with Crippen LogP contribution in [0, 0.1) is 0 Å². The van der Waals surface area contributed by atoms with Gasteiger partial charge in [0.15, 0.2) is 0 Å². The van der Waals surface area contributed by atoms with E-state index < -0.39 is 6.04 Å². The van der Waals surface area contributed by atoms with E-state index in [4.69, 9.17) is 4.52 Å². The topological polar surface area (TPSA) is 100 Å². The SMILES string of the molecule is CC(C)c1cc(C(=O)N2CCNC[C@@H]2C(=O)NCc2ccncc2)on1. The van der Waals surface area contributed by atoms with Crippen LogP contribution in [0.3, 0.4) is 0 Å². The summed E-state index contributed by atoms with van der Waals surface area (Å²) < 4.78 is 5.20. The Hall–Kier alpha value is -2.74. The summed E-state index contributed by atoms with van der Waals surface area (Å²) in [6, 6.07) is 4.74. The fourth-order valence-corrected chi connectivity index (χ4v) is 2.79. The third-order valence-corrected chi connectivity index (χ3v) is 4.35. The molecule has 1 aliphatic rings. The summed E-state index contributed by atoms with van der Waals surface area (Å²) in [5, 5.41) is 9.98. The first-order valence-electron chi connectivity index (χ1n) is 8.71. The van der Waals surface area contributed by atoms with Gasteiger partial charge >= 0.3 is 0 Å². The Labute approximate surface area is 151 Å². The zero-order valence-corrected chi connectivity index (χ0v) is 14.9. The van der Waals surface area contributed by atoms with Gasteiger partial charge in [-0.3, -0.25) is 14.6 Å². The van der Waals surface area contributed by atoms with Gasteiger partial charge in [-0.1, -0.05) is 19.0 Å². The van der Waals surface area contributed by atoms with Crippen molar-refractivity contribution in [2.75, 3.05) is 19.6 Å². The molecule has 0 spiro atoms. The van der Waals surface area contributed by atoms with Gasteiger partial charge in [0, 0.05) is 44.6 Å². The highest BCUT2D eigenvalue weighted by molar-refractivity contribution is 5.95. The summed E-state index contributed by atoms with van der Waals surface area (Å²) in [6.07, 6.45) is 3.35. The van der Waals surface area contributed by atoms with Crippen LogP contribution in [-0.2, 0) is 11.3 Å². The van der Waals surface area contributed by atoms with Crippen LogP contribution >= 0.6 is 0 Å². The van der Waals surface area contributed by atoms with Gasteiger partial charge in [-0.15, -0.1) is 0 Å². The Morgan fingerprint density at radius 3 is 2.85 bits per heavy atom. The minimum atomic E-state index is -0.592. The lowest BCUT2D eigenvalue weighted by Crippen LogP contribution is -2.59. The van der Waals surface area contributed by atoms with Gasteiger partial charge in [0.2, 0.25) is 11.7 Å². The number of hydrogen-bond donors (Lipinski definition) is 2. The first-order chi connectivity index (χ1) is 12.6. The molecule has 8 nitrogen and oxygen atoms in total. The molecule has 1 atom stereocenters. The van der Waals surface area contributed by atoms with Gasteiger partial charge in [0.25, 0.3) is 5.91 Å². The molecule has 2 amide bonds. The Morgan fingerprint density at radius 1 is 1.38 bits per heavy atom. The van der Waals surface area contributed by atoms with Crippen molar-refractivity contribution in [1.82, 2.24) is 25.7 Å². The minimum absolute atomic E-state index is 0.169. The maximum atomic E-state index is 12.8. The standard InChI is InChI=1S/C18H23N5O3/c1-12(2)14-9-16(26-22-14)18(25)23-8-7-20-11-15(23)17(24)21-10-13-3-5-19-6-4-13/h3-6,9,12,15,20H,7-8,10-11H2,1-2H3,(H,21,24)/t15-/m1/s1. The van der Waals surface area contributed by atoms with Gasteiger partial charge in [-0.25, -0.2) is 0 Å². The molecule has 0 aromatic carbocycles. The molecule has 26 heavy (non-hydrogen) atoms. The summed E-state index contributed by atoms with van der Waals surface area (Å²) in [5.74, 6) is -0.175. The summed E-state index contributed by atoms with van der Waals surface area (Å²) >= 11 is 0. The molecule has 3 heterocycles. The first kappa shape index (κ1) is 18.1. The number of hydrogen-bond acceptors (Lipinski definition) is 6.